The van der Waals surface area contributed by atoms with Crippen molar-refractivity contribution in [3.8, 4) is 5.75 Å². The first-order valence-electron chi connectivity index (χ1n) is 7.60. The monoisotopic (exact) mass is 351 g/mol. The van der Waals surface area contributed by atoms with Crippen molar-refractivity contribution in [3.05, 3.63) is 47.8 Å². The summed E-state index contributed by atoms with van der Waals surface area (Å²) in [6.45, 7) is 2.99. The fourth-order valence-corrected chi connectivity index (χ4v) is 2.43. The Labute approximate surface area is 141 Å². The molecule has 0 saturated heterocycles. The van der Waals surface area contributed by atoms with Gasteiger partial charge in [-0.1, -0.05) is 12.1 Å². The van der Waals surface area contributed by atoms with E-state index in [0.717, 1.165) is 15.8 Å². The van der Waals surface area contributed by atoms with Crippen LogP contribution >= 0.6 is 0 Å². The number of halogens is 3. The van der Waals surface area contributed by atoms with Crippen LogP contribution in [0.2, 0.25) is 0 Å². The van der Waals surface area contributed by atoms with Gasteiger partial charge in [0.15, 0.2) is 5.65 Å². The number of methoxy groups -OCH3 is 1. The van der Waals surface area contributed by atoms with Crippen LogP contribution in [0.1, 0.15) is 18.3 Å². The molecule has 1 aromatic carbocycles. The van der Waals surface area contributed by atoms with Crippen LogP contribution in [0.3, 0.4) is 0 Å². The minimum Gasteiger partial charge on any atom is -0.497 e. The van der Waals surface area contributed by atoms with E-state index in [4.69, 9.17) is 4.74 Å². The van der Waals surface area contributed by atoms with Crippen molar-refractivity contribution < 1.29 is 17.9 Å². The van der Waals surface area contributed by atoms with E-state index < -0.39 is 12.0 Å². The lowest BCUT2D eigenvalue weighted by atomic mass is 10.2. The molecule has 0 aliphatic carbocycles. The van der Waals surface area contributed by atoms with Crippen LogP contribution in [-0.2, 0) is 12.7 Å². The van der Waals surface area contributed by atoms with Crippen molar-refractivity contribution in [2.24, 2.45) is 0 Å². The number of anilines is 1. The van der Waals surface area contributed by atoms with Gasteiger partial charge in [0.2, 0.25) is 0 Å². The van der Waals surface area contributed by atoms with Gasteiger partial charge in [-0.2, -0.15) is 17.7 Å². The van der Waals surface area contributed by atoms with Crippen molar-refractivity contribution in [2.75, 3.05) is 18.6 Å². The highest BCUT2D eigenvalue weighted by Crippen LogP contribution is 2.28. The van der Waals surface area contributed by atoms with Gasteiger partial charge in [0, 0.05) is 13.1 Å². The van der Waals surface area contributed by atoms with Crippen molar-refractivity contribution >= 4 is 11.5 Å². The lowest BCUT2D eigenvalue weighted by molar-refractivity contribution is -0.146. The summed E-state index contributed by atoms with van der Waals surface area (Å²) >= 11 is 0. The van der Waals surface area contributed by atoms with Crippen molar-refractivity contribution in [3.63, 3.8) is 0 Å². The molecule has 0 aliphatic rings. The fourth-order valence-electron chi connectivity index (χ4n) is 2.43. The highest BCUT2D eigenvalue weighted by Gasteiger charge is 2.37. The summed E-state index contributed by atoms with van der Waals surface area (Å²) in [4.78, 5) is 1.86. The van der Waals surface area contributed by atoms with Gasteiger partial charge < -0.3 is 9.64 Å². The number of nitrogens with zero attached hydrogens (tertiary/aromatic N) is 5. The summed E-state index contributed by atoms with van der Waals surface area (Å²) in [5.74, 6) is 0.0200. The van der Waals surface area contributed by atoms with Gasteiger partial charge in [0.25, 0.3) is 5.82 Å². The number of hydrogen-bond donors (Lipinski definition) is 0. The van der Waals surface area contributed by atoms with Gasteiger partial charge >= 0.3 is 6.18 Å². The average molecular weight is 351 g/mol. The Bertz CT molecular complexity index is 860. The van der Waals surface area contributed by atoms with Gasteiger partial charge in [-0.25, -0.2) is 0 Å². The van der Waals surface area contributed by atoms with E-state index in [2.05, 4.69) is 15.3 Å². The van der Waals surface area contributed by atoms with Gasteiger partial charge in [0.1, 0.15) is 11.6 Å². The second kappa shape index (κ2) is 6.58. The molecule has 6 nitrogen and oxygen atoms in total. The maximum Gasteiger partial charge on any atom is 0.453 e. The Hall–Kier alpha value is -2.84. The van der Waals surface area contributed by atoms with Crippen molar-refractivity contribution in [2.45, 2.75) is 19.6 Å². The zero-order chi connectivity index (χ0) is 18.0. The Morgan fingerprint density at radius 3 is 2.40 bits per heavy atom. The maximum atomic E-state index is 13.0. The molecule has 0 aliphatic heterocycles. The van der Waals surface area contributed by atoms with Gasteiger partial charge in [-0.05, 0) is 36.8 Å². The van der Waals surface area contributed by atoms with Crippen LogP contribution in [0.4, 0.5) is 19.0 Å². The van der Waals surface area contributed by atoms with E-state index >= 15 is 0 Å². The topological polar surface area (TPSA) is 55.5 Å². The molecule has 0 saturated carbocycles. The standard InChI is InChI=1S/C16H16F3N5O/c1-3-23(10-11-4-6-12(25-2)7-5-11)14-9-8-13-20-21-15(16(17,18)19)24(13)22-14/h4-9H,3,10H2,1-2H3. The second-order valence-electron chi connectivity index (χ2n) is 5.35. The molecule has 2 heterocycles. The van der Waals surface area contributed by atoms with Crippen LogP contribution in [0.25, 0.3) is 5.65 Å². The Morgan fingerprint density at radius 1 is 1.08 bits per heavy atom. The quantitative estimate of drug-likeness (QED) is 0.707. The molecule has 3 aromatic rings. The first kappa shape index (κ1) is 17.0. The summed E-state index contributed by atoms with van der Waals surface area (Å²) in [5.41, 5.74) is 1.04. The Morgan fingerprint density at radius 2 is 1.80 bits per heavy atom. The third kappa shape index (κ3) is 3.49. The lowest BCUT2D eigenvalue weighted by Crippen LogP contribution is -2.24. The van der Waals surface area contributed by atoms with Crippen LogP contribution in [0.5, 0.6) is 5.75 Å². The first-order valence-corrected chi connectivity index (χ1v) is 7.60. The lowest BCUT2D eigenvalue weighted by Gasteiger charge is -2.22. The second-order valence-corrected chi connectivity index (χ2v) is 5.35. The molecule has 0 atom stereocenters. The number of alkyl halides is 3. The average Bonchev–Trinajstić information content (AvgIpc) is 3.03. The molecule has 25 heavy (non-hydrogen) atoms. The molecule has 0 unspecified atom stereocenters. The highest BCUT2D eigenvalue weighted by atomic mass is 19.4. The van der Waals surface area contributed by atoms with E-state index in [1.54, 1.807) is 13.2 Å². The molecule has 0 N–H and O–H groups in total. The summed E-state index contributed by atoms with van der Waals surface area (Å²) in [5, 5.41) is 10.8. The van der Waals surface area contributed by atoms with Crippen LogP contribution < -0.4 is 9.64 Å². The van der Waals surface area contributed by atoms with Crippen molar-refractivity contribution in [1.29, 1.82) is 0 Å². The molecule has 0 fully saturated rings. The normalized spacial score (nSPS) is 11.7. The molecular formula is C16H16F3N5O. The fraction of sp³-hybridized carbons (Fsp3) is 0.312. The summed E-state index contributed by atoms with van der Waals surface area (Å²) < 4.78 is 44.8. The molecule has 0 amide bonds. The summed E-state index contributed by atoms with van der Waals surface area (Å²) in [6, 6.07) is 10.6. The maximum absolute atomic E-state index is 13.0. The number of hydrogen-bond acceptors (Lipinski definition) is 5. The molecule has 2 aromatic heterocycles. The molecule has 132 valence electrons. The SMILES string of the molecule is CCN(Cc1ccc(OC)cc1)c1ccc2nnc(C(F)(F)F)n2n1. The van der Waals surface area contributed by atoms with Crippen LogP contribution in [0.15, 0.2) is 36.4 Å². The molecule has 0 spiro atoms. The van der Waals surface area contributed by atoms with Gasteiger partial charge in [0.05, 0.1) is 7.11 Å². The molecule has 0 radical (unpaired) electrons. The Balaban J connectivity index is 1.91. The van der Waals surface area contributed by atoms with E-state index in [1.165, 1.54) is 6.07 Å². The van der Waals surface area contributed by atoms with Gasteiger partial charge in [-0.15, -0.1) is 15.3 Å². The third-order valence-electron chi connectivity index (χ3n) is 3.74. The zero-order valence-corrected chi connectivity index (χ0v) is 13.7. The number of aromatic nitrogens is 4. The smallest absolute Gasteiger partial charge is 0.453 e. The predicted octanol–water partition coefficient (Wildman–Crippen LogP) is 3.18. The first-order chi connectivity index (χ1) is 11.9. The highest BCUT2D eigenvalue weighted by molar-refractivity contribution is 5.46. The molecule has 0 bridgehead atoms. The number of benzene rings is 1. The largest absolute Gasteiger partial charge is 0.497 e. The Kier molecular flexibility index (Phi) is 4.47. The van der Waals surface area contributed by atoms with Crippen LogP contribution in [-0.4, -0.2) is 33.5 Å². The van der Waals surface area contributed by atoms with E-state index in [-0.39, 0.29) is 5.65 Å². The molecule has 9 heteroatoms. The van der Waals surface area contributed by atoms with Gasteiger partial charge in [-0.3, -0.25) is 0 Å². The summed E-state index contributed by atoms with van der Waals surface area (Å²) in [7, 11) is 1.59. The zero-order valence-electron chi connectivity index (χ0n) is 13.7. The van der Waals surface area contributed by atoms with E-state index in [0.29, 0.717) is 18.9 Å². The van der Waals surface area contributed by atoms with Crippen molar-refractivity contribution in [1.82, 2.24) is 19.8 Å². The molecular weight excluding hydrogens is 335 g/mol. The third-order valence-corrected chi connectivity index (χ3v) is 3.74. The minimum atomic E-state index is -4.61. The van der Waals surface area contributed by atoms with E-state index in [9.17, 15) is 13.2 Å². The minimum absolute atomic E-state index is 0.0524. The summed E-state index contributed by atoms with van der Waals surface area (Å²) in [6.07, 6.45) is -4.61. The number of fused-ring (bicyclic) bond motifs is 1. The van der Waals surface area contributed by atoms with Crippen LogP contribution in [0, 0.1) is 0 Å². The predicted molar refractivity (Wildman–Crippen MR) is 85.5 cm³/mol. The van der Waals surface area contributed by atoms with E-state index in [1.807, 2.05) is 36.1 Å². The molecule has 3 rings (SSSR count). The number of ether oxygens (including phenoxy) is 1. The number of rotatable bonds is 5.